The molecule has 0 heterocycles. The van der Waals surface area contributed by atoms with Crippen molar-refractivity contribution in [3.05, 3.63) is 0 Å². The normalized spacial score (nSPS) is 35.7. The van der Waals surface area contributed by atoms with Crippen molar-refractivity contribution in [1.82, 2.24) is 0 Å². The summed E-state index contributed by atoms with van der Waals surface area (Å²) in [6.07, 6.45) is 1.94. The molecule has 3 nitrogen and oxygen atoms in total. The Bertz CT molecular complexity index is 437. The van der Waals surface area contributed by atoms with Crippen LogP contribution in [0.15, 0.2) is 0 Å². The van der Waals surface area contributed by atoms with Gasteiger partial charge >= 0.3 is 15.4 Å². The summed E-state index contributed by atoms with van der Waals surface area (Å²) in [5.74, 6) is -0.940. The molecule has 2 aliphatic rings. The number of halogens is 3. The summed E-state index contributed by atoms with van der Waals surface area (Å²) in [7, 11) is -5.73. The Morgan fingerprint density at radius 3 is 2.17 bits per heavy atom. The Labute approximate surface area is 105 Å². The van der Waals surface area contributed by atoms with Crippen LogP contribution >= 0.6 is 0 Å². The number of fused-ring (bicyclic) bond motifs is 2. The van der Waals surface area contributed by atoms with E-state index in [1.807, 2.05) is 0 Å². The molecular formula is C11H17F3O3S. The Kier molecular flexibility index (Phi) is 3.21. The lowest BCUT2D eigenvalue weighted by atomic mass is 9.76. The average molecular weight is 286 g/mol. The number of hydrogen-bond donors (Lipinski definition) is 1. The fraction of sp³-hybridized carbons (Fsp3) is 1.00. The highest BCUT2D eigenvalue weighted by atomic mass is 32.2. The molecule has 0 spiro atoms. The van der Waals surface area contributed by atoms with Crippen LogP contribution in [0.3, 0.4) is 0 Å². The van der Waals surface area contributed by atoms with Gasteiger partial charge < -0.3 is 0 Å². The van der Waals surface area contributed by atoms with E-state index in [1.54, 1.807) is 0 Å². The van der Waals surface area contributed by atoms with Gasteiger partial charge in [-0.05, 0) is 37.5 Å². The molecule has 0 aromatic carbocycles. The average Bonchev–Trinajstić information content (AvgIpc) is 2.87. The molecule has 2 saturated carbocycles. The molecule has 0 aliphatic heterocycles. The summed E-state index contributed by atoms with van der Waals surface area (Å²) >= 11 is 0. The van der Waals surface area contributed by atoms with Crippen LogP contribution in [0, 0.1) is 17.8 Å². The van der Waals surface area contributed by atoms with Crippen molar-refractivity contribution in [2.45, 2.75) is 50.0 Å². The molecule has 4 unspecified atom stereocenters. The maximum Gasteiger partial charge on any atom is 0.403 e. The highest BCUT2D eigenvalue weighted by Gasteiger charge is 2.68. The van der Waals surface area contributed by atoms with Crippen LogP contribution in [0.2, 0.25) is 0 Å². The van der Waals surface area contributed by atoms with Gasteiger partial charge in [-0.25, -0.2) is 4.39 Å². The molecule has 0 saturated heterocycles. The maximum absolute atomic E-state index is 14.7. The molecule has 0 aromatic heterocycles. The monoisotopic (exact) mass is 286 g/mol. The zero-order valence-electron chi connectivity index (χ0n) is 10.1. The van der Waals surface area contributed by atoms with Crippen molar-refractivity contribution in [2.75, 3.05) is 0 Å². The molecule has 106 valence electrons. The van der Waals surface area contributed by atoms with E-state index in [4.69, 9.17) is 4.55 Å². The number of alkyl halides is 3. The summed E-state index contributed by atoms with van der Waals surface area (Å²) in [4.78, 5) is 0. The van der Waals surface area contributed by atoms with Gasteiger partial charge in [0.25, 0.3) is 0 Å². The van der Waals surface area contributed by atoms with Gasteiger partial charge in [-0.3, -0.25) is 4.55 Å². The Morgan fingerprint density at radius 2 is 1.83 bits per heavy atom. The quantitative estimate of drug-likeness (QED) is 0.808. The van der Waals surface area contributed by atoms with E-state index in [0.29, 0.717) is 19.3 Å². The first kappa shape index (κ1) is 14.1. The Morgan fingerprint density at radius 1 is 1.22 bits per heavy atom. The first-order valence-corrected chi connectivity index (χ1v) is 7.61. The predicted octanol–water partition coefficient (Wildman–Crippen LogP) is 3.02. The summed E-state index contributed by atoms with van der Waals surface area (Å²) in [5.41, 5.74) is -3.17. The van der Waals surface area contributed by atoms with E-state index >= 15 is 0 Å². The summed E-state index contributed by atoms with van der Waals surface area (Å²) in [5, 5.41) is -4.73. The van der Waals surface area contributed by atoms with Gasteiger partial charge in [-0.1, -0.05) is 13.3 Å². The summed E-state index contributed by atoms with van der Waals surface area (Å²) < 4.78 is 72.4. The van der Waals surface area contributed by atoms with Gasteiger partial charge in [0.1, 0.15) is 0 Å². The van der Waals surface area contributed by atoms with Crippen molar-refractivity contribution < 1.29 is 26.1 Å². The smallest absolute Gasteiger partial charge is 0.281 e. The van der Waals surface area contributed by atoms with Crippen LogP contribution in [-0.4, -0.2) is 23.9 Å². The van der Waals surface area contributed by atoms with E-state index < -0.39 is 33.4 Å². The van der Waals surface area contributed by atoms with Crippen LogP contribution in [0.5, 0.6) is 0 Å². The van der Waals surface area contributed by atoms with E-state index in [0.717, 1.165) is 6.42 Å². The minimum atomic E-state index is -5.73. The largest absolute Gasteiger partial charge is 0.403 e. The summed E-state index contributed by atoms with van der Waals surface area (Å²) in [6, 6.07) is 0. The molecule has 0 radical (unpaired) electrons. The SMILES string of the molecule is CCC(F)(C1CC2CCC1C2)C(F)(F)S(=O)(=O)O. The van der Waals surface area contributed by atoms with Gasteiger partial charge in [0.05, 0.1) is 0 Å². The minimum Gasteiger partial charge on any atom is -0.281 e. The van der Waals surface area contributed by atoms with Gasteiger partial charge in [-0.15, -0.1) is 0 Å². The van der Waals surface area contributed by atoms with Gasteiger partial charge in [0.15, 0.2) is 5.67 Å². The zero-order valence-corrected chi connectivity index (χ0v) is 10.9. The molecule has 18 heavy (non-hydrogen) atoms. The van der Waals surface area contributed by atoms with Crippen LogP contribution in [0.1, 0.15) is 39.0 Å². The molecule has 1 N–H and O–H groups in total. The van der Waals surface area contributed by atoms with Crippen LogP contribution in [-0.2, 0) is 10.1 Å². The van der Waals surface area contributed by atoms with Crippen molar-refractivity contribution in [1.29, 1.82) is 0 Å². The second-order valence-electron chi connectivity index (χ2n) is 5.49. The van der Waals surface area contributed by atoms with Gasteiger partial charge in [-0.2, -0.15) is 17.2 Å². The first-order valence-electron chi connectivity index (χ1n) is 6.17. The van der Waals surface area contributed by atoms with Crippen LogP contribution in [0.25, 0.3) is 0 Å². The van der Waals surface area contributed by atoms with Crippen LogP contribution in [0.4, 0.5) is 13.2 Å². The molecule has 4 atom stereocenters. The molecular weight excluding hydrogens is 269 g/mol. The van der Waals surface area contributed by atoms with E-state index in [2.05, 4.69) is 0 Å². The Hall–Kier alpha value is -0.300. The summed E-state index contributed by atoms with van der Waals surface area (Å²) in [6.45, 7) is 1.20. The molecule has 2 rings (SSSR count). The molecule has 0 aromatic rings. The standard InChI is InChI=1S/C11H17F3O3S/c1-2-10(12,11(13,14)18(15,16)17)9-6-7-3-4-8(9)5-7/h7-9H,2-6H2,1H3,(H,15,16,17). The third kappa shape index (κ3) is 1.78. The van der Waals surface area contributed by atoms with E-state index in [9.17, 15) is 21.6 Å². The zero-order chi connectivity index (χ0) is 13.8. The molecule has 2 bridgehead atoms. The van der Waals surface area contributed by atoms with Crippen molar-refractivity contribution in [2.24, 2.45) is 17.8 Å². The second kappa shape index (κ2) is 4.10. The number of rotatable bonds is 4. The second-order valence-corrected chi connectivity index (χ2v) is 6.95. The topological polar surface area (TPSA) is 54.4 Å². The highest BCUT2D eigenvalue weighted by Crippen LogP contribution is 2.58. The Balaban J connectivity index is 2.37. The fourth-order valence-electron chi connectivity index (χ4n) is 3.70. The predicted molar refractivity (Wildman–Crippen MR) is 59.6 cm³/mol. The molecule has 7 heteroatoms. The molecule has 0 amide bonds. The van der Waals surface area contributed by atoms with E-state index in [-0.39, 0.29) is 11.8 Å². The molecule has 2 fully saturated rings. The fourth-order valence-corrected chi connectivity index (χ4v) is 4.43. The third-order valence-corrected chi connectivity index (χ3v) is 5.64. The maximum atomic E-state index is 14.7. The number of hydrogen-bond acceptors (Lipinski definition) is 2. The van der Waals surface area contributed by atoms with Gasteiger partial charge in [0, 0.05) is 5.92 Å². The lowest BCUT2D eigenvalue weighted by molar-refractivity contribution is -0.124. The van der Waals surface area contributed by atoms with E-state index in [1.165, 1.54) is 6.92 Å². The first-order chi connectivity index (χ1) is 8.13. The highest BCUT2D eigenvalue weighted by molar-refractivity contribution is 7.87. The van der Waals surface area contributed by atoms with Gasteiger partial charge in [0.2, 0.25) is 0 Å². The van der Waals surface area contributed by atoms with Crippen molar-refractivity contribution in [3.63, 3.8) is 0 Å². The lowest BCUT2D eigenvalue weighted by Gasteiger charge is -2.39. The van der Waals surface area contributed by atoms with Crippen molar-refractivity contribution in [3.8, 4) is 0 Å². The van der Waals surface area contributed by atoms with Crippen molar-refractivity contribution >= 4 is 10.1 Å². The van der Waals surface area contributed by atoms with Crippen LogP contribution < -0.4 is 0 Å². The minimum absolute atomic E-state index is 0.187. The molecule has 2 aliphatic carbocycles. The third-order valence-electron chi connectivity index (χ3n) is 4.65. The lowest BCUT2D eigenvalue weighted by Crippen LogP contribution is -2.55.